The highest BCUT2D eigenvalue weighted by atomic mass is 16.7. The lowest BCUT2D eigenvalue weighted by atomic mass is 9.85. The number of hydrogen-bond acceptors (Lipinski definition) is 6. The van der Waals surface area contributed by atoms with Crippen LogP contribution in [0.5, 0.6) is 0 Å². The quantitative estimate of drug-likeness (QED) is 0.152. The zero-order chi connectivity index (χ0) is 30.5. The molecular formula is C33H60N2O6. The largest absolute Gasteiger partial charge is 0.460 e. The van der Waals surface area contributed by atoms with Crippen molar-refractivity contribution in [1.29, 1.82) is 0 Å². The van der Waals surface area contributed by atoms with Crippen LogP contribution in [0.15, 0.2) is 0 Å². The normalized spacial score (nSPS) is 24.4. The van der Waals surface area contributed by atoms with E-state index in [9.17, 15) is 14.4 Å². The molecular weight excluding hydrogens is 520 g/mol. The fraction of sp³-hybridized carbons (Fsp3) is 0.909. The molecule has 0 bridgehead atoms. The summed E-state index contributed by atoms with van der Waals surface area (Å²) in [7, 11) is 0. The van der Waals surface area contributed by atoms with Crippen LogP contribution in [-0.2, 0) is 28.6 Å². The Balaban J connectivity index is 1.78. The smallest absolute Gasteiger partial charge is 0.307 e. The van der Waals surface area contributed by atoms with Gasteiger partial charge in [-0.3, -0.25) is 14.4 Å². The molecule has 8 nitrogen and oxygen atoms in total. The lowest BCUT2D eigenvalue weighted by molar-refractivity contribution is -0.304. The second-order valence-corrected chi connectivity index (χ2v) is 13.8. The monoisotopic (exact) mass is 580 g/mol. The van der Waals surface area contributed by atoms with Crippen molar-refractivity contribution in [1.82, 2.24) is 10.6 Å². The van der Waals surface area contributed by atoms with Gasteiger partial charge in [-0.15, -0.1) is 0 Å². The second-order valence-electron chi connectivity index (χ2n) is 13.8. The maximum absolute atomic E-state index is 13.3. The minimum absolute atomic E-state index is 0.0229. The van der Waals surface area contributed by atoms with E-state index in [2.05, 4.69) is 31.4 Å². The Labute approximate surface area is 249 Å². The summed E-state index contributed by atoms with van der Waals surface area (Å²) in [5, 5.41) is 6.09. The number of unbranched alkanes of at least 4 members (excludes halogenated alkanes) is 7. The van der Waals surface area contributed by atoms with Crippen LogP contribution in [0, 0.1) is 17.3 Å². The second kappa shape index (κ2) is 17.4. The summed E-state index contributed by atoms with van der Waals surface area (Å²) in [6, 6.07) is -0.159. The Bertz CT molecular complexity index is 812. The Morgan fingerprint density at radius 1 is 0.927 bits per heavy atom. The van der Waals surface area contributed by atoms with E-state index in [1.165, 1.54) is 44.9 Å². The van der Waals surface area contributed by atoms with E-state index in [4.69, 9.17) is 14.2 Å². The predicted molar refractivity (Wildman–Crippen MR) is 162 cm³/mol. The molecule has 0 aromatic rings. The van der Waals surface area contributed by atoms with Crippen molar-refractivity contribution < 1.29 is 28.6 Å². The number of carbonyl (C=O) groups excluding carboxylic acids is 3. The summed E-state index contributed by atoms with van der Waals surface area (Å²) in [4.78, 5) is 38.9. The van der Waals surface area contributed by atoms with E-state index < -0.39 is 17.3 Å². The molecule has 0 radical (unpaired) electrons. The van der Waals surface area contributed by atoms with Gasteiger partial charge in [-0.1, -0.05) is 92.4 Å². The van der Waals surface area contributed by atoms with Crippen LogP contribution in [0.1, 0.15) is 138 Å². The lowest BCUT2D eigenvalue weighted by Crippen LogP contribution is -2.56. The molecule has 1 aliphatic heterocycles. The lowest BCUT2D eigenvalue weighted by Gasteiger charge is -2.44. The maximum atomic E-state index is 13.3. The molecule has 8 heteroatoms. The van der Waals surface area contributed by atoms with Gasteiger partial charge in [0.2, 0.25) is 11.8 Å². The van der Waals surface area contributed by atoms with Gasteiger partial charge in [0.25, 0.3) is 0 Å². The van der Waals surface area contributed by atoms with Crippen LogP contribution in [0.3, 0.4) is 0 Å². The predicted octanol–water partition coefficient (Wildman–Crippen LogP) is 6.44. The molecule has 2 unspecified atom stereocenters. The highest BCUT2D eigenvalue weighted by Gasteiger charge is 2.45. The Morgan fingerprint density at radius 3 is 2.22 bits per heavy atom. The number of esters is 1. The van der Waals surface area contributed by atoms with E-state index in [0.717, 1.165) is 38.5 Å². The molecule has 0 aromatic carbocycles. The summed E-state index contributed by atoms with van der Waals surface area (Å²) in [6.45, 7) is 14.5. The summed E-state index contributed by atoms with van der Waals surface area (Å²) < 4.78 is 17.4. The molecule has 2 amide bonds. The van der Waals surface area contributed by atoms with Gasteiger partial charge >= 0.3 is 5.97 Å². The topological polar surface area (TPSA) is 103 Å². The van der Waals surface area contributed by atoms with Crippen molar-refractivity contribution in [2.75, 3.05) is 13.2 Å². The highest BCUT2D eigenvalue weighted by Crippen LogP contribution is 2.35. The van der Waals surface area contributed by atoms with Crippen molar-refractivity contribution in [2.45, 2.75) is 162 Å². The fourth-order valence-electron chi connectivity index (χ4n) is 5.89. The number of ether oxygens (including phenoxy) is 3. The number of nitrogens with one attached hydrogen (secondary N) is 2. The minimum Gasteiger partial charge on any atom is -0.460 e. The van der Waals surface area contributed by atoms with Crippen LogP contribution in [0.2, 0.25) is 0 Å². The first-order chi connectivity index (χ1) is 19.4. The first kappa shape index (κ1) is 35.5. The first-order valence-electron chi connectivity index (χ1n) is 16.5. The Kier molecular flexibility index (Phi) is 15.1. The molecule has 1 heterocycles. The van der Waals surface area contributed by atoms with Gasteiger partial charge in [0, 0.05) is 17.9 Å². The molecule has 1 aliphatic carbocycles. The van der Waals surface area contributed by atoms with Gasteiger partial charge in [-0.25, -0.2) is 0 Å². The molecule has 2 aliphatic rings. The number of amides is 2. The van der Waals surface area contributed by atoms with Crippen LogP contribution in [0.25, 0.3) is 0 Å². The molecule has 1 saturated heterocycles. The average molecular weight is 581 g/mol. The van der Waals surface area contributed by atoms with Gasteiger partial charge in [0.05, 0.1) is 19.1 Å². The fourth-order valence-corrected chi connectivity index (χ4v) is 5.89. The Hall–Kier alpha value is -1.67. The third kappa shape index (κ3) is 12.6. The number of carbonyl (C=O) groups is 3. The molecule has 2 fully saturated rings. The zero-order valence-electron chi connectivity index (χ0n) is 27.1. The first-order valence-corrected chi connectivity index (χ1v) is 16.5. The van der Waals surface area contributed by atoms with Crippen LogP contribution in [-0.4, -0.2) is 55.0 Å². The summed E-state index contributed by atoms with van der Waals surface area (Å²) in [6.07, 6.45) is 13.6. The van der Waals surface area contributed by atoms with Gasteiger partial charge in [0.1, 0.15) is 12.2 Å². The van der Waals surface area contributed by atoms with E-state index in [1.54, 1.807) is 13.8 Å². The molecule has 2 rings (SSSR count). The third-order valence-electron chi connectivity index (χ3n) is 8.59. The third-order valence-corrected chi connectivity index (χ3v) is 8.59. The summed E-state index contributed by atoms with van der Waals surface area (Å²) >= 11 is 0. The van der Waals surface area contributed by atoms with Gasteiger partial charge in [-0.2, -0.15) is 0 Å². The van der Waals surface area contributed by atoms with E-state index in [-0.39, 0.29) is 54.7 Å². The van der Waals surface area contributed by atoms with Crippen LogP contribution < -0.4 is 10.6 Å². The van der Waals surface area contributed by atoms with Gasteiger partial charge in [-0.05, 0) is 45.4 Å². The number of hydrogen-bond donors (Lipinski definition) is 2. The SMILES string of the molecule is CCCCCCCCCCC(C(=O)N[C@H]1CCCC[C@@H]1OC(=O)CCNC(=O)C1OC(C)(C)OCC1(C)C)C(C)C. The molecule has 0 spiro atoms. The Morgan fingerprint density at radius 2 is 1.56 bits per heavy atom. The van der Waals surface area contributed by atoms with Gasteiger partial charge in [0.15, 0.2) is 5.79 Å². The molecule has 1 saturated carbocycles. The molecule has 2 N–H and O–H groups in total. The molecule has 4 atom stereocenters. The summed E-state index contributed by atoms with van der Waals surface area (Å²) in [5.41, 5.74) is -0.476. The van der Waals surface area contributed by atoms with Crippen molar-refractivity contribution in [2.24, 2.45) is 17.3 Å². The van der Waals surface area contributed by atoms with E-state index >= 15 is 0 Å². The summed E-state index contributed by atoms with van der Waals surface area (Å²) in [5.74, 6) is -1.11. The van der Waals surface area contributed by atoms with Crippen LogP contribution in [0.4, 0.5) is 0 Å². The van der Waals surface area contributed by atoms with Crippen LogP contribution >= 0.6 is 0 Å². The number of rotatable bonds is 17. The van der Waals surface area contributed by atoms with E-state index in [1.807, 2.05) is 13.8 Å². The average Bonchev–Trinajstić information content (AvgIpc) is 2.90. The maximum Gasteiger partial charge on any atom is 0.307 e. The molecule has 41 heavy (non-hydrogen) atoms. The van der Waals surface area contributed by atoms with Gasteiger partial charge < -0.3 is 24.8 Å². The zero-order valence-corrected chi connectivity index (χ0v) is 27.1. The molecule has 238 valence electrons. The van der Waals surface area contributed by atoms with Crippen molar-refractivity contribution in [3.63, 3.8) is 0 Å². The molecule has 0 aromatic heterocycles. The highest BCUT2D eigenvalue weighted by molar-refractivity contribution is 5.82. The van der Waals surface area contributed by atoms with Crippen molar-refractivity contribution >= 4 is 17.8 Å². The standard InChI is InChI=1S/C33H60N2O6/c1-8-9-10-11-12-13-14-15-18-25(24(2)3)30(37)35-26-19-16-17-20-27(26)40-28(36)21-22-34-31(38)29-32(4,5)23-39-33(6,7)41-29/h24-27,29H,8-23H2,1-7H3,(H,34,38)(H,35,37)/t25?,26-,27-,29?/m0/s1. The van der Waals surface area contributed by atoms with Crippen molar-refractivity contribution in [3.8, 4) is 0 Å². The van der Waals surface area contributed by atoms with E-state index in [0.29, 0.717) is 6.61 Å². The minimum atomic E-state index is -0.834. The van der Waals surface area contributed by atoms with Crippen molar-refractivity contribution in [3.05, 3.63) is 0 Å².